The Morgan fingerprint density at radius 2 is 2.09 bits per heavy atom. The van der Waals surface area contributed by atoms with Gasteiger partial charge in [-0.25, -0.2) is 0 Å². The number of ether oxygens (including phenoxy) is 2. The molecule has 116 valence electrons. The van der Waals surface area contributed by atoms with E-state index in [4.69, 9.17) is 13.9 Å². The summed E-state index contributed by atoms with van der Waals surface area (Å²) in [6.45, 7) is 4.43. The molecule has 1 aliphatic rings. The average molecular weight is 320 g/mol. The fourth-order valence-corrected chi connectivity index (χ4v) is 3.15. The van der Waals surface area contributed by atoms with Gasteiger partial charge in [-0.15, -0.1) is 10.2 Å². The number of cyclic esters (lactones) is 1. The topological polar surface area (TPSA) is 74.5 Å². The van der Waals surface area contributed by atoms with Gasteiger partial charge in [0.2, 0.25) is 5.89 Å². The number of hydrogen-bond donors (Lipinski definition) is 0. The van der Waals surface area contributed by atoms with Crippen molar-refractivity contribution in [2.45, 2.75) is 36.8 Å². The highest BCUT2D eigenvalue weighted by Gasteiger charge is 2.34. The van der Waals surface area contributed by atoms with Gasteiger partial charge < -0.3 is 13.9 Å². The van der Waals surface area contributed by atoms with E-state index in [0.29, 0.717) is 24.1 Å². The van der Waals surface area contributed by atoms with Crippen LogP contribution in [0, 0.1) is 0 Å². The molecule has 6 nitrogen and oxygen atoms in total. The van der Waals surface area contributed by atoms with E-state index in [2.05, 4.69) is 10.2 Å². The van der Waals surface area contributed by atoms with Crippen molar-refractivity contribution < 1.29 is 18.7 Å². The molecule has 1 aromatic heterocycles. The van der Waals surface area contributed by atoms with E-state index in [0.717, 1.165) is 11.3 Å². The molecule has 3 rings (SSSR count). The highest BCUT2D eigenvalue weighted by Crippen LogP contribution is 2.32. The Labute approximate surface area is 132 Å². The number of rotatable bonds is 5. The average Bonchev–Trinajstić information content (AvgIpc) is 3.08. The van der Waals surface area contributed by atoms with Crippen molar-refractivity contribution in [3.05, 3.63) is 24.3 Å². The number of benzene rings is 1. The van der Waals surface area contributed by atoms with Gasteiger partial charge in [0.25, 0.3) is 5.22 Å². The highest BCUT2D eigenvalue weighted by molar-refractivity contribution is 8.00. The summed E-state index contributed by atoms with van der Waals surface area (Å²) in [5, 5.41) is 8.10. The molecular weight excluding hydrogens is 304 g/mol. The SMILES string of the molecule is CCOc1ccc(-c2nnc(S[C@@H]3C[C@H](C)OC3=O)o2)cc1. The fraction of sp³-hybridized carbons (Fsp3) is 0.400. The highest BCUT2D eigenvalue weighted by atomic mass is 32.2. The molecule has 22 heavy (non-hydrogen) atoms. The zero-order valence-electron chi connectivity index (χ0n) is 12.3. The van der Waals surface area contributed by atoms with E-state index >= 15 is 0 Å². The predicted molar refractivity (Wildman–Crippen MR) is 80.7 cm³/mol. The first-order valence-corrected chi connectivity index (χ1v) is 7.97. The lowest BCUT2D eigenvalue weighted by Crippen LogP contribution is -2.09. The van der Waals surface area contributed by atoms with Gasteiger partial charge in [-0.3, -0.25) is 4.79 Å². The summed E-state index contributed by atoms with van der Waals surface area (Å²) in [6.07, 6.45) is 0.600. The van der Waals surface area contributed by atoms with Gasteiger partial charge in [-0.05, 0) is 49.9 Å². The molecule has 0 N–H and O–H groups in total. The molecule has 0 aliphatic carbocycles. The summed E-state index contributed by atoms with van der Waals surface area (Å²) in [7, 11) is 0. The van der Waals surface area contributed by atoms with Crippen LogP contribution in [-0.2, 0) is 9.53 Å². The van der Waals surface area contributed by atoms with Gasteiger partial charge in [-0.1, -0.05) is 0 Å². The normalized spacial score (nSPS) is 20.9. The molecule has 0 bridgehead atoms. The van der Waals surface area contributed by atoms with Gasteiger partial charge in [0, 0.05) is 12.0 Å². The summed E-state index contributed by atoms with van der Waals surface area (Å²) in [5.74, 6) is 0.992. The second kappa shape index (κ2) is 6.39. The smallest absolute Gasteiger partial charge is 0.320 e. The largest absolute Gasteiger partial charge is 0.494 e. The Balaban J connectivity index is 1.69. The second-order valence-corrected chi connectivity index (χ2v) is 6.07. The quantitative estimate of drug-likeness (QED) is 0.784. The minimum atomic E-state index is -0.274. The van der Waals surface area contributed by atoms with Gasteiger partial charge in [0.1, 0.15) is 17.1 Å². The zero-order chi connectivity index (χ0) is 15.5. The Kier molecular flexibility index (Phi) is 4.33. The lowest BCUT2D eigenvalue weighted by Gasteiger charge is -2.02. The first-order chi connectivity index (χ1) is 10.7. The molecule has 0 radical (unpaired) electrons. The van der Waals surface area contributed by atoms with Gasteiger partial charge >= 0.3 is 5.97 Å². The monoisotopic (exact) mass is 320 g/mol. The molecule has 0 unspecified atom stereocenters. The van der Waals surface area contributed by atoms with Crippen molar-refractivity contribution in [3.63, 3.8) is 0 Å². The van der Waals surface area contributed by atoms with Gasteiger partial charge in [0.05, 0.1) is 6.61 Å². The minimum Gasteiger partial charge on any atom is -0.494 e. The first kappa shape index (κ1) is 14.9. The van der Waals surface area contributed by atoms with Crippen LogP contribution in [-0.4, -0.2) is 34.1 Å². The van der Waals surface area contributed by atoms with E-state index < -0.39 is 0 Å². The maximum atomic E-state index is 11.6. The standard InChI is InChI=1S/C15H16N2O4S/c1-3-19-11-6-4-10(5-7-11)13-16-17-15(21-13)22-12-8-9(2)20-14(12)18/h4-7,9,12H,3,8H2,1-2H3/t9-,12+/m0/s1. The number of nitrogens with zero attached hydrogens (tertiary/aromatic N) is 2. The summed E-state index contributed by atoms with van der Waals surface area (Å²) in [5.41, 5.74) is 0.810. The molecule has 0 saturated carbocycles. The van der Waals surface area contributed by atoms with Crippen LogP contribution in [0.4, 0.5) is 0 Å². The Bertz CT molecular complexity index is 656. The van der Waals surface area contributed by atoms with E-state index in [1.165, 1.54) is 11.8 Å². The lowest BCUT2D eigenvalue weighted by atomic mass is 10.2. The van der Waals surface area contributed by atoms with E-state index in [9.17, 15) is 4.79 Å². The molecule has 2 atom stereocenters. The van der Waals surface area contributed by atoms with Crippen molar-refractivity contribution >= 4 is 17.7 Å². The van der Waals surface area contributed by atoms with Crippen LogP contribution in [0.5, 0.6) is 5.75 Å². The molecule has 1 saturated heterocycles. The fourth-order valence-electron chi connectivity index (χ4n) is 2.17. The molecule has 2 aromatic rings. The van der Waals surface area contributed by atoms with Crippen molar-refractivity contribution in [3.8, 4) is 17.2 Å². The third-order valence-electron chi connectivity index (χ3n) is 3.19. The Hall–Kier alpha value is -2.02. The van der Waals surface area contributed by atoms with Crippen LogP contribution < -0.4 is 4.74 Å². The number of carbonyl (C=O) groups excluding carboxylic acids is 1. The molecule has 2 heterocycles. The van der Waals surface area contributed by atoms with Gasteiger partial charge in [-0.2, -0.15) is 0 Å². The van der Waals surface area contributed by atoms with Crippen molar-refractivity contribution in [1.82, 2.24) is 10.2 Å². The van der Waals surface area contributed by atoms with E-state index in [1.54, 1.807) is 0 Å². The number of hydrogen-bond acceptors (Lipinski definition) is 7. The molecule has 1 aliphatic heterocycles. The molecule has 1 aromatic carbocycles. The summed E-state index contributed by atoms with van der Waals surface area (Å²) in [4.78, 5) is 11.6. The molecule has 1 fully saturated rings. The summed E-state index contributed by atoms with van der Waals surface area (Å²) >= 11 is 1.25. The summed E-state index contributed by atoms with van der Waals surface area (Å²) in [6, 6.07) is 7.43. The number of esters is 1. The molecule has 0 spiro atoms. The van der Waals surface area contributed by atoms with Crippen LogP contribution in [0.25, 0.3) is 11.5 Å². The van der Waals surface area contributed by atoms with E-state index in [1.807, 2.05) is 38.1 Å². The van der Waals surface area contributed by atoms with Crippen molar-refractivity contribution in [1.29, 1.82) is 0 Å². The number of aromatic nitrogens is 2. The maximum Gasteiger partial charge on any atom is 0.320 e. The molecular formula is C15H16N2O4S. The summed E-state index contributed by atoms with van der Waals surface area (Å²) < 4.78 is 16.1. The lowest BCUT2D eigenvalue weighted by molar-refractivity contribution is -0.140. The van der Waals surface area contributed by atoms with Crippen LogP contribution in [0.3, 0.4) is 0 Å². The van der Waals surface area contributed by atoms with E-state index in [-0.39, 0.29) is 17.3 Å². The second-order valence-electron chi connectivity index (χ2n) is 4.92. The van der Waals surface area contributed by atoms with Crippen LogP contribution in [0.15, 0.2) is 33.9 Å². The third-order valence-corrected chi connectivity index (χ3v) is 4.22. The number of carbonyl (C=O) groups is 1. The van der Waals surface area contributed by atoms with Crippen LogP contribution in [0.1, 0.15) is 20.3 Å². The Morgan fingerprint density at radius 1 is 1.32 bits per heavy atom. The number of thioether (sulfide) groups is 1. The minimum absolute atomic E-state index is 0.0569. The van der Waals surface area contributed by atoms with Gasteiger partial charge in [0.15, 0.2) is 0 Å². The van der Waals surface area contributed by atoms with Crippen molar-refractivity contribution in [2.75, 3.05) is 6.61 Å². The van der Waals surface area contributed by atoms with Crippen molar-refractivity contribution in [2.24, 2.45) is 0 Å². The first-order valence-electron chi connectivity index (χ1n) is 7.09. The Morgan fingerprint density at radius 3 is 2.73 bits per heavy atom. The predicted octanol–water partition coefficient (Wildman–Crippen LogP) is 2.93. The molecule has 0 amide bonds. The zero-order valence-corrected chi connectivity index (χ0v) is 13.1. The van der Waals surface area contributed by atoms with Crippen LogP contribution in [0.2, 0.25) is 0 Å². The third kappa shape index (κ3) is 3.24. The van der Waals surface area contributed by atoms with Crippen LogP contribution >= 0.6 is 11.8 Å². The molecule has 7 heteroatoms. The maximum absolute atomic E-state index is 11.6.